The third-order valence-corrected chi connectivity index (χ3v) is 6.24. The van der Waals surface area contributed by atoms with Crippen molar-refractivity contribution >= 4 is 23.4 Å². The molecule has 2 fully saturated rings. The van der Waals surface area contributed by atoms with Gasteiger partial charge in [-0.1, -0.05) is 16.8 Å². The van der Waals surface area contributed by atoms with Gasteiger partial charge in [0.2, 0.25) is 23.5 Å². The van der Waals surface area contributed by atoms with Gasteiger partial charge in [-0.3, -0.25) is 9.59 Å². The van der Waals surface area contributed by atoms with Gasteiger partial charge in [0.05, 0.1) is 0 Å². The summed E-state index contributed by atoms with van der Waals surface area (Å²) in [6.45, 7) is 3.06. The molecule has 3 heterocycles. The van der Waals surface area contributed by atoms with E-state index in [0.717, 1.165) is 44.3 Å². The van der Waals surface area contributed by atoms with E-state index in [-0.39, 0.29) is 17.7 Å². The molecule has 0 atom stereocenters. The van der Waals surface area contributed by atoms with Crippen molar-refractivity contribution in [2.45, 2.75) is 44.9 Å². The molecule has 1 aromatic carbocycles. The van der Waals surface area contributed by atoms with Crippen LogP contribution < -0.4 is 0 Å². The molecule has 160 valence electrons. The molecule has 0 bridgehead atoms. The van der Waals surface area contributed by atoms with Gasteiger partial charge in [-0.05, 0) is 56.4 Å². The van der Waals surface area contributed by atoms with Crippen LogP contribution in [0.5, 0.6) is 0 Å². The highest BCUT2D eigenvalue weighted by Gasteiger charge is 2.30. The molecule has 2 amide bonds. The number of carbonyl (C=O) groups is 2. The Labute approximate surface area is 181 Å². The fourth-order valence-corrected chi connectivity index (χ4v) is 4.32. The molecule has 0 spiro atoms. The van der Waals surface area contributed by atoms with E-state index in [1.165, 1.54) is 6.42 Å². The van der Waals surface area contributed by atoms with Gasteiger partial charge in [0.25, 0.3) is 0 Å². The van der Waals surface area contributed by atoms with Crippen molar-refractivity contribution in [1.29, 1.82) is 0 Å². The van der Waals surface area contributed by atoms with Gasteiger partial charge in [0.15, 0.2) is 0 Å². The first-order valence-corrected chi connectivity index (χ1v) is 11.1. The Bertz CT molecular complexity index is 869. The van der Waals surface area contributed by atoms with Gasteiger partial charge in [-0.2, -0.15) is 4.98 Å². The first-order chi connectivity index (χ1) is 14.6. The first kappa shape index (κ1) is 20.8. The highest BCUT2D eigenvalue weighted by Crippen LogP contribution is 2.23. The van der Waals surface area contributed by atoms with E-state index >= 15 is 0 Å². The molecule has 2 aliphatic heterocycles. The number of piperidine rings is 2. The van der Waals surface area contributed by atoms with Gasteiger partial charge >= 0.3 is 0 Å². The molecule has 7 nitrogen and oxygen atoms in total. The molecule has 0 unspecified atom stereocenters. The Hall–Kier alpha value is -2.41. The maximum Gasteiger partial charge on any atom is 0.227 e. The predicted octanol–water partition coefficient (Wildman–Crippen LogP) is 3.57. The quantitative estimate of drug-likeness (QED) is 0.724. The first-order valence-electron chi connectivity index (χ1n) is 10.8. The van der Waals surface area contributed by atoms with Crippen molar-refractivity contribution in [3.63, 3.8) is 0 Å². The minimum Gasteiger partial charge on any atom is -0.343 e. The van der Waals surface area contributed by atoms with Crippen LogP contribution in [-0.4, -0.2) is 57.9 Å². The fraction of sp³-hybridized carbons (Fsp3) is 0.545. The van der Waals surface area contributed by atoms with Crippen LogP contribution in [0, 0.1) is 5.92 Å². The Kier molecular flexibility index (Phi) is 6.67. The third-order valence-electron chi connectivity index (χ3n) is 5.99. The van der Waals surface area contributed by atoms with Gasteiger partial charge < -0.3 is 14.3 Å². The van der Waals surface area contributed by atoms with E-state index in [1.54, 1.807) is 12.1 Å². The smallest absolute Gasteiger partial charge is 0.227 e. The average molecular weight is 431 g/mol. The van der Waals surface area contributed by atoms with Crippen LogP contribution in [0.25, 0.3) is 11.4 Å². The zero-order chi connectivity index (χ0) is 20.9. The van der Waals surface area contributed by atoms with Crippen LogP contribution in [0.3, 0.4) is 0 Å². The SMILES string of the molecule is O=C(CCc1nc(-c2ccc(Cl)cc2)no1)N1CCC(C(=O)N2CCCCC2)CC1. The van der Waals surface area contributed by atoms with E-state index in [2.05, 4.69) is 10.1 Å². The summed E-state index contributed by atoms with van der Waals surface area (Å²) in [5.41, 5.74) is 0.821. The molecule has 4 rings (SSSR count). The van der Waals surface area contributed by atoms with Crippen molar-refractivity contribution in [2.24, 2.45) is 5.92 Å². The molecule has 0 saturated carbocycles. The maximum absolute atomic E-state index is 12.7. The standard InChI is InChI=1S/C22H27ClN4O3/c23-18-6-4-16(5-7-18)21-24-19(30-25-21)8-9-20(28)26-14-10-17(11-15-26)22(29)27-12-2-1-3-13-27/h4-7,17H,1-3,8-15H2. The maximum atomic E-state index is 12.7. The number of rotatable bonds is 5. The summed E-state index contributed by atoms with van der Waals surface area (Å²) < 4.78 is 5.29. The number of hydrogen-bond donors (Lipinski definition) is 0. The Morgan fingerprint density at radius 2 is 1.70 bits per heavy atom. The minimum atomic E-state index is 0.0602. The van der Waals surface area contributed by atoms with E-state index in [0.29, 0.717) is 42.7 Å². The van der Waals surface area contributed by atoms with Gasteiger partial charge in [0.1, 0.15) is 0 Å². The zero-order valence-electron chi connectivity index (χ0n) is 17.1. The summed E-state index contributed by atoms with van der Waals surface area (Å²) in [6, 6.07) is 7.21. The van der Waals surface area contributed by atoms with Crippen LogP contribution in [0.2, 0.25) is 5.02 Å². The molecule has 2 aromatic rings. The van der Waals surface area contributed by atoms with Crippen molar-refractivity contribution in [3.8, 4) is 11.4 Å². The zero-order valence-corrected chi connectivity index (χ0v) is 17.8. The van der Waals surface area contributed by atoms with Gasteiger partial charge in [-0.15, -0.1) is 0 Å². The molecule has 1 aromatic heterocycles. The monoisotopic (exact) mass is 430 g/mol. The summed E-state index contributed by atoms with van der Waals surface area (Å²) in [5, 5.41) is 4.63. The second-order valence-electron chi connectivity index (χ2n) is 8.06. The Balaban J connectivity index is 1.23. The molecule has 8 heteroatoms. The van der Waals surface area contributed by atoms with E-state index < -0.39 is 0 Å². The van der Waals surface area contributed by atoms with Crippen LogP contribution in [0.1, 0.15) is 44.4 Å². The predicted molar refractivity (Wildman–Crippen MR) is 113 cm³/mol. The molecule has 2 aliphatic rings. The normalized spacial score (nSPS) is 17.9. The summed E-state index contributed by atoms with van der Waals surface area (Å²) in [5.74, 6) is 1.35. The number of carbonyl (C=O) groups excluding carboxylic acids is 2. The van der Waals surface area contributed by atoms with Crippen LogP contribution in [0.15, 0.2) is 28.8 Å². The van der Waals surface area contributed by atoms with Crippen molar-refractivity contribution in [2.75, 3.05) is 26.2 Å². The van der Waals surface area contributed by atoms with Crippen molar-refractivity contribution in [1.82, 2.24) is 19.9 Å². The summed E-state index contributed by atoms with van der Waals surface area (Å²) in [6.07, 6.45) is 5.68. The van der Waals surface area contributed by atoms with E-state index in [9.17, 15) is 9.59 Å². The number of nitrogens with zero attached hydrogens (tertiary/aromatic N) is 4. The Morgan fingerprint density at radius 1 is 1.00 bits per heavy atom. The lowest BCUT2D eigenvalue weighted by molar-refractivity contribution is -0.141. The Morgan fingerprint density at radius 3 is 2.40 bits per heavy atom. The van der Waals surface area contributed by atoms with Crippen molar-refractivity contribution in [3.05, 3.63) is 35.2 Å². The second kappa shape index (κ2) is 9.60. The number of benzene rings is 1. The molecule has 0 radical (unpaired) electrons. The molecular weight excluding hydrogens is 404 g/mol. The van der Waals surface area contributed by atoms with E-state index in [1.807, 2.05) is 21.9 Å². The molecule has 0 aliphatic carbocycles. The minimum absolute atomic E-state index is 0.0602. The van der Waals surface area contributed by atoms with Crippen LogP contribution in [0.4, 0.5) is 0 Å². The largest absolute Gasteiger partial charge is 0.343 e. The highest BCUT2D eigenvalue weighted by atomic mass is 35.5. The molecular formula is C22H27ClN4O3. The lowest BCUT2D eigenvalue weighted by atomic mass is 9.94. The second-order valence-corrected chi connectivity index (χ2v) is 8.50. The summed E-state index contributed by atoms with van der Waals surface area (Å²) >= 11 is 5.90. The number of aryl methyl sites for hydroxylation is 1. The van der Waals surface area contributed by atoms with Crippen LogP contribution >= 0.6 is 11.6 Å². The molecule has 30 heavy (non-hydrogen) atoms. The third kappa shape index (κ3) is 5.01. The number of halogens is 1. The lowest BCUT2D eigenvalue weighted by Crippen LogP contribution is -2.45. The van der Waals surface area contributed by atoms with E-state index in [4.69, 9.17) is 16.1 Å². The highest BCUT2D eigenvalue weighted by molar-refractivity contribution is 6.30. The molecule has 0 N–H and O–H groups in total. The van der Waals surface area contributed by atoms with Crippen LogP contribution in [-0.2, 0) is 16.0 Å². The number of likely N-dealkylation sites (tertiary alicyclic amines) is 2. The topological polar surface area (TPSA) is 79.5 Å². The van der Waals surface area contributed by atoms with Gasteiger partial charge in [-0.25, -0.2) is 0 Å². The number of hydrogen-bond acceptors (Lipinski definition) is 5. The van der Waals surface area contributed by atoms with Gasteiger partial charge in [0, 0.05) is 55.5 Å². The number of amides is 2. The molecule has 2 saturated heterocycles. The fourth-order valence-electron chi connectivity index (χ4n) is 4.19. The average Bonchev–Trinajstić information content (AvgIpc) is 3.27. The lowest BCUT2D eigenvalue weighted by Gasteiger charge is -2.35. The van der Waals surface area contributed by atoms with Crippen molar-refractivity contribution < 1.29 is 14.1 Å². The summed E-state index contributed by atoms with van der Waals surface area (Å²) in [4.78, 5) is 33.5. The number of aromatic nitrogens is 2. The summed E-state index contributed by atoms with van der Waals surface area (Å²) in [7, 11) is 0.